The Hall–Kier alpha value is -2.44. The number of rotatable bonds is 9. The van der Waals surface area contributed by atoms with Gasteiger partial charge in [0, 0.05) is 0 Å². The molecule has 0 unspecified atom stereocenters. The maximum atomic E-state index is 4.01. The number of benzene rings is 4. The van der Waals surface area contributed by atoms with Crippen LogP contribution in [0, 0.1) is 10.4 Å². The van der Waals surface area contributed by atoms with E-state index in [0.29, 0.717) is 0 Å². The third-order valence-electron chi connectivity index (χ3n) is 8.36. The van der Waals surface area contributed by atoms with E-state index in [1.165, 1.54) is 71.0 Å². The molecule has 0 heterocycles. The first-order valence-electron chi connectivity index (χ1n) is 15.2. The fraction of sp³-hybridized carbons (Fsp3) is 0.250. The van der Waals surface area contributed by atoms with Gasteiger partial charge in [0.25, 0.3) is 0 Å². The molecular formula is C40H39Cl2Zr. The first-order chi connectivity index (χ1) is 19.8. The topological polar surface area (TPSA) is 0 Å². The number of hydrogen-bond acceptors (Lipinski definition) is 0. The third-order valence-corrected chi connectivity index (χ3v) is 8.36. The number of fused-ring (bicyclic) bond motifs is 2. The molecule has 0 spiro atoms. The van der Waals surface area contributed by atoms with E-state index in [-0.39, 0.29) is 51.0 Å². The quantitative estimate of drug-likeness (QED) is 0.210. The van der Waals surface area contributed by atoms with Gasteiger partial charge in [-0.3, -0.25) is 0 Å². The van der Waals surface area contributed by atoms with Gasteiger partial charge in [0.15, 0.2) is 0 Å². The Bertz CT molecular complexity index is 1790. The van der Waals surface area contributed by atoms with E-state index in [9.17, 15) is 0 Å². The van der Waals surface area contributed by atoms with E-state index in [1.54, 1.807) is 0 Å². The molecule has 4 aromatic rings. The van der Waals surface area contributed by atoms with Crippen LogP contribution in [-0.4, -0.2) is 0 Å². The Labute approximate surface area is 289 Å². The van der Waals surface area contributed by atoms with Crippen LogP contribution in [0.2, 0.25) is 0 Å². The molecule has 3 heteroatoms. The van der Waals surface area contributed by atoms with Crippen molar-refractivity contribution in [1.82, 2.24) is 0 Å². The molecule has 0 fully saturated rings. The molecule has 217 valence electrons. The molecule has 0 nitrogen and oxygen atoms in total. The van der Waals surface area contributed by atoms with Gasteiger partial charge in [-0.05, 0) is 47.6 Å². The summed E-state index contributed by atoms with van der Waals surface area (Å²) in [5.74, 6) is 0. The first-order valence-corrected chi connectivity index (χ1v) is 15.2. The van der Waals surface area contributed by atoms with Crippen LogP contribution >= 0.6 is 0 Å². The summed E-state index contributed by atoms with van der Waals surface area (Å²) in [4.78, 5) is 0. The molecule has 0 amide bonds. The van der Waals surface area contributed by atoms with Gasteiger partial charge in [0.1, 0.15) is 0 Å². The molecule has 0 N–H and O–H groups in total. The van der Waals surface area contributed by atoms with E-state index in [0.717, 1.165) is 44.9 Å². The average Bonchev–Trinajstić information content (AvgIpc) is 3.65. The molecule has 2 aliphatic rings. The molecule has 0 atom stereocenters. The number of halogens is 2. The maximum Gasteiger partial charge on any atom is 3.00 e. The van der Waals surface area contributed by atoms with E-state index >= 15 is 0 Å². The smallest absolute Gasteiger partial charge is 1.00 e. The molecule has 0 aliphatic heterocycles. The molecule has 0 saturated heterocycles. The molecule has 43 heavy (non-hydrogen) atoms. The van der Waals surface area contributed by atoms with Gasteiger partial charge >= 0.3 is 26.2 Å². The zero-order valence-corrected chi connectivity index (χ0v) is 29.4. The number of allylic oxidation sites excluding steroid dienone is 4. The Morgan fingerprint density at radius 3 is 1.84 bits per heavy atom. The molecule has 1 radical (unpaired) electrons. The summed E-state index contributed by atoms with van der Waals surface area (Å²) in [6, 6.07) is 29.0. The number of aryl methyl sites for hydroxylation is 1. The minimum atomic E-state index is 0. The first kappa shape index (κ1) is 35.0. The predicted octanol–water partition coefficient (Wildman–Crippen LogP) is 2.45. The van der Waals surface area contributed by atoms with Crippen LogP contribution in [0.3, 0.4) is 0 Å². The summed E-state index contributed by atoms with van der Waals surface area (Å²) in [5, 5.41) is 5.51. The molecule has 0 saturated carbocycles. The molecule has 0 bridgehead atoms. The fourth-order valence-corrected chi connectivity index (χ4v) is 6.82. The fourth-order valence-electron chi connectivity index (χ4n) is 6.82. The third kappa shape index (κ3) is 6.66. The van der Waals surface area contributed by atoms with Crippen molar-refractivity contribution in [2.24, 2.45) is 0 Å². The summed E-state index contributed by atoms with van der Waals surface area (Å²) >= 11 is 0. The van der Waals surface area contributed by atoms with Crippen LogP contribution in [0.15, 0.2) is 97.1 Å². The normalized spacial score (nSPS) is 12.2. The second-order valence-electron chi connectivity index (χ2n) is 11.1. The summed E-state index contributed by atoms with van der Waals surface area (Å²) in [6.07, 6.45) is 18.5. The van der Waals surface area contributed by atoms with Crippen molar-refractivity contribution >= 4 is 17.2 Å². The van der Waals surface area contributed by atoms with Crippen molar-refractivity contribution in [3.8, 4) is 0 Å². The van der Waals surface area contributed by atoms with Crippen molar-refractivity contribution < 1.29 is 51.0 Å². The Balaban J connectivity index is 0.00000169. The van der Waals surface area contributed by atoms with Crippen molar-refractivity contribution in [3.05, 3.63) is 157 Å². The Morgan fingerprint density at radius 2 is 1.28 bits per heavy atom. The standard InChI is InChI=1S/C40H39.2ClH.Zr/c1-4-16-28-25-15-26-32-27-35-38(31-23-13-14-24-31)33(17-5-2)34(18-6-3)39(40(35)37(28)32)36(29-19-9-7-10-20-29)30-21-11-8-12-22-30;;;/h7-15,19-23,25-26H,4-6,16-18,24H2,1-3H3;2*1H;/q-1;;;+3/p-2. The molecular weight excluding hydrogens is 643 g/mol. The van der Waals surface area contributed by atoms with Crippen LogP contribution in [0.5, 0.6) is 0 Å². The molecule has 2 aliphatic carbocycles. The van der Waals surface area contributed by atoms with Crippen LogP contribution in [0.25, 0.3) is 17.2 Å². The summed E-state index contributed by atoms with van der Waals surface area (Å²) < 4.78 is 0. The molecule has 0 aromatic heterocycles. The summed E-state index contributed by atoms with van der Waals surface area (Å²) in [6.45, 7) is 6.96. The van der Waals surface area contributed by atoms with Gasteiger partial charge in [-0.2, -0.15) is 0 Å². The Kier molecular flexibility index (Phi) is 13.1. The minimum absolute atomic E-state index is 0. The van der Waals surface area contributed by atoms with Crippen LogP contribution in [0.4, 0.5) is 0 Å². The maximum absolute atomic E-state index is 4.01. The zero-order chi connectivity index (χ0) is 27.5. The number of hydrogen-bond donors (Lipinski definition) is 0. The van der Waals surface area contributed by atoms with E-state index < -0.39 is 0 Å². The van der Waals surface area contributed by atoms with Gasteiger partial charge in [-0.25, -0.2) is 0 Å². The largest absolute Gasteiger partial charge is 3.00 e. The SMILES string of the molecule is CCCc1c(C2=CC=CC2)c2c(c(=C(c3ccccc3)c3ccccc3)c1CCC)=c1c(CCC)cccc1=[C-]2.[Cl-].[Cl-].[Zr+3]. The Morgan fingerprint density at radius 1 is 0.674 bits per heavy atom. The van der Waals surface area contributed by atoms with Crippen molar-refractivity contribution in [2.45, 2.75) is 65.7 Å². The van der Waals surface area contributed by atoms with Gasteiger partial charge in [-0.1, -0.05) is 164 Å². The zero-order valence-electron chi connectivity index (χ0n) is 25.4. The van der Waals surface area contributed by atoms with Gasteiger partial charge in [0.2, 0.25) is 0 Å². The van der Waals surface area contributed by atoms with E-state index in [4.69, 9.17) is 0 Å². The van der Waals surface area contributed by atoms with Crippen molar-refractivity contribution in [3.63, 3.8) is 0 Å². The van der Waals surface area contributed by atoms with Crippen LogP contribution in [0.1, 0.15) is 85.4 Å². The minimum Gasteiger partial charge on any atom is -1.00 e. The second kappa shape index (κ2) is 16.0. The van der Waals surface area contributed by atoms with Crippen LogP contribution < -0.4 is 35.3 Å². The molecule has 4 aromatic carbocycles. The van der Waals surface area contributed by atoms with Crippen molar-refractivity contribution in [2.75, 3.05) is 0 Å². The van der Waals surface area contributed by atoms with Crippen LogP contribution in [-0.2, 0) is 45.5 Å². The van der Waals surface area contributed by atoms with E-state index in [1.807, 2.05) is 0 Å². The second-order valence-corrected chi connectivity index (χ2v) is 11.1. The van der Waals surface area contributed by atoms with Gasteiger partial charge in [0.05, 0.1) is 0 Å². The monoisotopic (exact) mass is 679 g/mol. The average molecular weight is 682 g/mol. The van der Waals surface area contributed by atoms with Gasteiger partial charge < -0.3 is 24.8 Å². The molecule has 6 rings (SSSR count). The summed E-state index contributed by atoms with van der Waals surface area (Å²) in [5.41, 5.74) is 12.7. The predicted molar refractivity (Wildman–Crippen MR) is 171 cm³/mol. The van der Waals surface area contributed by atoms with Gasteiger partial charge in [-0.15, -0.1) is 28.1 Å². The summed E-state index contributed by atoms with van der Waals surface area (Å²) in [7, 11) is 0. The van der Waals surface area contributed by atoms with Crippen molar-refractivity contribution in [1.29, 1.82) is 0 Å². The van der Waals surface area contributed by atoms with E-state index in [2.05, 4.69) is 124 Å².